The first-order valence-corrected chi connectivity index (χ1v) is 3.34. The molecule has 1 heterocycles. The maximum atomic E-state index is 12.1. The number of hydrogen-bond acceptors (Lipinski definition) is 3. The average Bonchev–Trinajstić information content (AvgIpc) is 2.03. The van der Waals surface area contributed by atoms with E-state index in [0.29, 0.717) is 6.54 Å². The van der Waals surface area contributed by atoms with Crippen molar-refractivity contribution in [3.8, 4) is 0 Å². The van der Waals surface area contributed by atoms with Gasteiger partial charge in [-0.15, -0.1) is 0 Å². The van der Waals surface area contributed by atoms with Gasteiger partial charge in [0.15, 0.2) is 6.04 Å². The molecule has 0 bridgehead atoms. The molecular formula is C6H7F3N2O. The number of halogens is 3. The second kappa shape index (κ2) is 3.16. The summed E-state index contributed by atoms with van der Waals surface area (Å²) < 4.78 is 36.2. The van der Waals surface area contributed by atoms with Crippen molar-refractivity contribution in [1.82, 2.24) is 10.6 Å². The van der Waals surface area contributed by atoms with Crippen molar-refractivity contribution in [2.45, 2.75) is 12.2 Å². The molecular weight excluding hydrogens is 173 g/mol. The van der Waals surface area contributed by atoms with E-state index in [0.717, 1.165) is 0 Å². The van der Waals surface area contributed by atoms with Crippen LogP contribution in [-0.4, -0.2) is 31.2 Å². The van der Waals surface area contributed by atoms with E-state index in [2.05, 4.69) is 10.6 Å². The molecule has 0 aromatic carbocycles. The summed E-state index contributed by atoms with van der Waals surface area (Å²) >= 11 is 0. The van der Waals surface area contributed by atoms with Crippen molar-refractivity contribution >= 4 is 5.94 Å². The summed E-state index contributed by atoms with van der Waals surface area (Å²) in [6.45, 7) is 0.506. The van der Waals surface area contributed by atoms with Crippen LogP contribution in [0.15, 0.2) is 5.70 Å². The Hall–Kier alpha value is -1.00. The monoisotopic (exact) mass is 180 g/mol. The van der Waals surface area contributed by atoms with Gasteiger partial charge in [0.05, 0.1) is 0 Å². The van der Waals surface area contributed by atoms with Crippen LogP contribution in [-0.2, 0) is 4.79 Å². The molecule has 1 rings (SSSR count). The first kappa shape index (κ1) is 9.09. The molecule has 2 N–H and O–H groups in total. The van der Waals surface area contributed by atoms with E-state index >= 15 is 0 Å². The highest BCUT2D eigenvalue weighted by atomic mass is 19.4. The fourth-order valence-corrected chi connectivity index (χ4v) is 0.992. The lowest BCUT2D eigenvalue weighted by Crippen LogP contribution is -2.54. The highest BCUT2D eigenvalue weighted by Gasteiger charge is 2.43. The van der Waals surface area contributed by atoms with Gasteiger partial charge in [-0.1, -0.05) is 0 Å². The van der Waals surface area contributed by atoms with Crippen molar-refractivity contribution in [3.05, 3.63) is 5.70 Å². The number of alkyl halides is 3. The molecule has 0 saturated carbocycles. The topological polar surface area (TPSA) is 41.1 Å². The Morgan fingerprint density at radius 2 is 2.08 bits per heavy atom. The molecule has 0 spiro atoms. The summed E-state index contributed by atoms with van der Waals surface area (Å²) in [5.41, 5.74) is -0.464. The maximum Gasteiger partial charge on any atom is 0.410 e. The van der Waals surface area contributed by atoms with Crippen LogP contribution in [0.25, 0.3) is 0 Å². The van der Waals surface area contributed by atoms with Crippen LogP contribution < -0.4 is 10.6 Å². The minimum Gasteiger partial charge on any atom is -0.377 e. The van der Waals surface area contributed by atoms with Crippen molar-refractivity contribution in [1.29, 1.82) is 0 Å². The van der Waals surface area contributed by atoms with E-state index in [-0.39, 0.29) is 6.54 Å². The van der Waals surface area contributed by atoms with Crippen molar-refractivity contribution in [3.63, 3.8) is 0 Å². The van der Waals surface area contributed by atoms with E-state index in [1.54, 1.807) is 0 Å². The minimum absolute atomic E-state index is 0.190. The molecule has 1 fully saturated rings. The smallest absolute Gasteiger partial charge is 0.377 e. The minimum atomic E-state index is -4.43. The zero-order chi connectivity index (χ0) is 9.19. The molecule has 68 valence electrons. The molecule has 1 aliphatic heterocycles. The largest absolute Gasteiger partial charge is 0.410 e. The highest BCUT2D eigenvalue weighted by Crippen LogP contribution is 2.24. The number of piperazine rings is 1. The molecule has 1 unspecified atom stereocenters. The lowest BCUT2D eigenvalue weighted by molar-refractivity contribution is -0.149. The summed E-state index contributed by atoms with van der Waals surface area (Å²) in [5, 5.41) is 4.51. The molecule has 0 aromatic heterocycles. The second-order valence-electron chi connectivity index (χ2n) is 2.37. The van der Waals surface area contributed by atoms with Crippen LogP contribution in [0.1, 0.15) is 0 Å². The van der Waals surface area contributed by atoms with Crippen molar-refractivity contribution < 1.29 is 18.0 Å². The summed E-state index contributed by atoms with van der Waals surface area (Å²) in [4.78, 5) is 10.1. The standard InChI is InChI=1S/C6H7F3N2O/c7-6(8,9)5-4(3-12)10-1-2-11-5/h5,10-11H,1-2H2. The Bertz CT molecular complexity index is 219. The summed E-state index contributed by atoms with van der Waals surface area (Å²) in [6, 6.07) is -1.89. The molecule has 1 aliphatic rings. The van der Waals surface area contributed by atoms with Crippen LogP contribution in [0.3, 0.4) is 0 Å². The third-order valence-electron chi connectivity index (χ3n) is 1.51. The molecule has 1 atom stereocenters. The van der Waals surface area contributed by atoms with Gasteiger partial charge >= 0.3 is 6.18 Å². The maximum absolute atomic E-state index is 12.1. The predicted molar refractivity (Wildman–Crippen MR) is 35.1 cm³/mol. The van der Waals surface area contributed by atoms with Crippen molar-refractivity contribution in [2.75, 3.05) is 13.1 Å². The van der Waals surface area contributed by atoms with Gasteiger partial charge in [-0.05, 0) is 0 Å². The fraction of sp³-hybridized carbons (Fsp3) is 0.667. The number of hydrogen-bond donors (Lipinski definition) is 2. The number of rotatable bonds is 0. The van der Waals surface area contributed by atoms with Gasteiger partial charge in [-0.25, -0.2) is 4.79 Å². The molecule has 0 aliphatic carbocycles. The van der Waals surface area contributed by atoms with Crippen LogP contribution in [0.2, 0.25) is 0 Å². The molecule has 0 amide bonds. The lowest BCUT2D eigenvalue weighted by atomic mass is 10.2. The van der Waals surface area contributed by atoms with Gasteiger partial charge in [0.25, 0.3) is 0 Å². The van der Waals surface area contributed by atoms with Gasteiger partial charge in [0.1, 0.15) is 11.6 Å². The normalized spacial score (nSPS) is 24.6. The van der Waals surface area contributed by atoms with Crippen molar-refractivity contribution in [2.24, 2.45) is 0 Å². The Morgan fingerprint density at radius 1 is 1.42 bits per heavy atom. The Labute approximate surface area is 66.6 Å². The second-order valence-corrected chi connectivity index (χ2v) is 2.37. The SMILES string of the molecule is O=C=C1NCCNC1C(F)(F)F. The van der Waals surface area contributed by atoms with Gasteiger partial charge in [0.2, 0.25) is 0 Å². The number of carbonyl (C=O) groups excluding carboxylic acids is 1. The van der Waals surface area contributed by atoms with E-state index in [1.807, 2.05) is 0 Å². The number of nitrogens with one attached hydrogen (secondary N) is 2. The third kappa shape index (κ3) is 1.78. The van der Waals surface area contributed by atoms with Gasteiger partial charge in [-0.2, -0.15) is 13.2 Å². The first-order valence-electron chi connectivity index (χ1n) is 3.34. The average molecular weight is 180 g/mol. The third-order valence-corrected chi connectivity index (χ3v) is 1.51. The molecule has 0 aromatic rings. The summed E-state index contributed by atoms with van der Waals surface area (Å²) in [5.74, 6) is 1.23. The van der Waals surface area contributed by atoms with Crippen LogP contribution in [0.4, 0.5) is 13.2 Å². The van der Waals surface area contributed by atoms with Crippen LogP contribution >= 0.6 is 0 Å². The molecule has 1 saturated heterocycles. The molecule has 12 heavy (non-hydrogen) atoms. The highest BCUT2D eigenvalue weighted by molar-refractivity contribution is 5.54. The van der Waals surface area contributed by atoms with E-state index in [1.165, 1.54) is 5.94 Å². The lowest BCUT2D eigenvalue weighted by Gasteiger charge is -2.27. The summed E-state index contributed by atoms with van der Waals surface area (Å²) in [6.07, 6.45) is -4.43. The van der Waals surface area contributed by atoms with Gasteiger partial charge < -0.3 is 5.32 Å². The molecule has 0 radical (unpaired) electrons. The molecule has 6 heteroatoms. The Morgan fingerprint density at radius 3 is 2.50 bits per heavy atom. The first-order chi connectivity index (χ1) is 5.55. The predicted octanol–water partition coefficient (Wildman–Crippen LogP) is -0.174. The van der Waals surface area contributed by atoms with Crippen LogP contribution in [0.5, 0.6) is 0 Å². The Kier molecular flexibility index (Phi) is 2.40. The van der Waals surface area contributed by atoms with Crippen LogP contribution in [0, 0.1) is 0 Å². The molecule has 3 nitrogen and oxygen atoms in total. The zero-order valence-electron chi connectivity index (χ0n) is 6.03. The fourth-order valence-electron chi connectivity index (χ4n) is 0.992. The van der Waals surface area contributed by atoms with E-state index in [9.17, 15) is 18.0 Å². The zero-order valence-corrected chi connectivity index (χ0v) is 6.03. The van der Waals surface area contributed by atoms with Gasteiger partial charge in [0, 0.05) is 13.1 Å². The quantitative estimate of drug-likeness (QED) is 0.508. The summed E-state index contributed by atoms with van der Waals surface area (Å²) in [7, 11) is 0. The van der Waals surface area contributed by atoms with Gasteiger partial charge in [-0.3, -0.25) is 5.32 Å². The Balaban J connectivity index is 2.80. The van der Waals surface area contributed by atoms with E-state index < -0.39 is 17.9 Å². The van der Waals surface area contributed by atoms with E-state index in [4.69, 9.17) is 0 Å².